The van der Waals surface area contributed by atoms with Crippen LogP contribution in [-0.4, -0.2) is 41.1 Å². The summed E-state index contributed by atoms with van der Waals surface area (Å²) in [5.41, 5.74) is 2.12. The number of piperazine rings is 1. The van der Waals surface area contributed by atoms with Crippen LogP contribution in [0.2, 0.25) is 5.02 Å². The highest BCUT2D eigenvalue weighted by Gasteiger charge is 2.42. The van der Waals surface area contributed by atoms with Crippen LogP contribution in [0.4, 0.5) is 10.1 Å². The number of fused-ring (bicyclic) bond motifs is 2. The van der Waals surface area contributed by atoms with Gasteiger partial charge in [0, 0.05) is 25.2 Å². The van der Waals surface area contributed by atoms with Gasteiger partial charge in [0.2, 0.25) is 0 Å². The molecule has 4 nitrogen and oxygen atoms in total. The second-order valence-electron chi connectivity index (χ2n) is 7.26. The number of amides is 1. The molecule has 2 aliphatic rings. The van der Waals surface area contributed by atoms with Gasteiger partial charge in [-0.05, 0) is 49.1 Å². The number of anilines is 1. The Morgan fingerprint density at radius 3 is 2.56 bits per heavy atom. The number of benzene rings is 2. The van der Waals surface area contributed by atoms with Gasteiger partial charge in [-0.25, -0.2) is 4.39 Å². The number of carbonyl (C=O) groups is 1. The van der Waals surface area contributed by atoms with E-state index in [4.69, 9.17) is 11.6 Å². The molecule has 4 rings (SSSR count). The first kappa shape index (κ1) is 18.1. The van der Waals surface area contributed by atoms with Crippen molar-refractivity contribution in [2.75, 3.05) is 18.0 Å². The van der Waals surface area contributed by atoms with Crippen LogP contribution >= 0.6 is 11.6 Å². The zero-order valence-corrected chi connectivity index (χ0v) is 15.9. The van der Waals surface area contributed by atoms with E-state index in [0.717, 1.165) is 30.5 Å². The van der Waals surface area contributed by atoms with E-state index < -0.39 is 5.82 Å². The highest BCUT2D eigenvalue weighted by Crippen LogP contribution is 2.41. The number of carbonyl (C=O) groups excluding carboxylic acids is 1. The smallest absolute Gasteiger partial charge is 0.255 e. The fourth-order valence-corrected chi connectivity index (χ4v) is 4.61. The van der Waals surface area contributed by atoms with Crippen LogP contribution in [0.15, 0.2) is 36.4 Å². The molecule has 1 amide bonds. The summed E-state index contributed by atoms with van der Waals surface area (Å²) in [5, 5.41) is 10.8. The summed E-state index contributed by atoms with van der Waals surface area (Å²) in [6.07, 6.45) is 2.72. The normalized spacial score (nSPS) is 21.6. The zero-order valence-electron chi connectivity index (χ0n) is 15.2. The van der Waals surface area contributed by atoms with E-state index in [1.165, 1.54) is 18.2 Å². The lowest BCUT2D eigenvalue weighted by Gasteiger charge is -2.43. The predicted molar refractivity (Wildman–Crippen MR) is 104 cm³/mol. The lowest BCUT2D eigenvalue weighted by atomic mass is 10.1. The molecule has 2 unspecified atom stereocenters. The Kier molecular flexibility index (Phi) is 4.72. The lowest BCUT2D eigenvalue weighted by molar-refractivity contribution is 0.0718. The summed E-state index contributed by atoms with van der Waals surface area (Å²) in [5.74, 6) is -0.269. The van der Waals surface area contributed by atoms with Crippen molar-refractivity contribution in [3.8, 4) is 5.75 Å². The quantitative estimate of drug-likeness (QED) is 0.855. The van der Waals surface area contributed by atoms with E-state index in [1.807, 2.05) is 25.1 Å². The molecule has 2 saturated heterocycles. The van der Waals surface area contributed by atoms with Crippen molar-refractivity contribution in [3.63, 3.8) is 0 Å². The number of nitrogens with zero attached hydrogens (tertiary/aromatic N) is 2. The van der Waals surface area contributed by atoms with E-state index in [-0.39, 0.29) is 23.0 Å². The topological polar surface area (TPSA) is 43.8 Å². The molecule has 0 aromatic heterocycles. The first-order valence-corrected chi connectivity index (χ1v) is 9.71. The van der Waals surface area contributed by atoms with Crippen LogP contribution in [-0.2, 0) is 6.42 Å². The molecule has 2 aromatic carbocycles. The van der Waals surface area contributed by atoms with Crippen molar-refractivity contribution in [2.45, 2.75) is 38.3 Å². The molecule has 0 aliphatic carbocycles. The number of halogens is 2. The second-order valence-corrected chi connectivity index (χ2v) is 7.67. The monoisotopic (exact) mass is 388 g/mol. The average Bonchev–Trinajstić information content (AvgIpc) is 2.90. The van der Waals surface area contributed by atoms with E-state index in [0.29, 0.717) is 24.4 Å². The maximum Gasteiger partial charge on any atom is 0.255 e. The van der Waals surface area contributed by atoms with Gasteiger partial charge in [-0.1, -0.05) is 30.7 Å². The fourth-order valence-electron chi connectivity index (χ4n) is 4.37. The third-order valence-corrected chi connectivity index (χ3v) is 6.00. The summed E-state index contributed by atoms with van der Waals surface area (Å²) < 4.78 is 13.3. The van der Waals surface area contributed by atoms with Gasteiger partial charge < -0.3 is 14.9 Å². The molecule has 2 aromatic rings. The molecule has 2 aliphatic heterocycles. The highest BCUT2D eigenvalue weighted by molar-refractivity contribution is 6.33. The van der Waals surface area contributed by atoms with Crippen molar-refractivity contribution in [2.24, 2.45) is 0 Å². The number of hydrogen-bond donors (Lipinski definition) is 1. The highest BCUT2D eigenvalue weighted by atomic mass is 35.5. The summed E-state index contributed by atoms with van der Waals surface area (Å²) in [6.45, 7) is 3.16. The van der Waals surface area contributed by atoms with Crippen molar-refractivity contribution in [1.82, 2.24) is 4.90 Å². The number of rotatable bonds is 3. The van der Waals surface area contributed by atoms with Crippen LogP contribution in [0.1, 0.15) is 35.7 Å². The van der Waals surface area contributed by atoms with Crippen LogP contribution in [0.25, 0.3) is 0 Å². The van der Waals surface area contributed by atoms with Gasteiger partial charge >= 0.3 is 0 Å². The Labute approximate surface area is 163 Å². The van der Waals surface area contributed by atoms with Gasteiger partial charge in [0.1, 0.15) is 11.6 Å². The van der Waals surface area contributed by atoms with Crippen molar-refractivity contribution >= 4 is 23.2 Å². The number of aryl methyl sites for hydroxylation is 1. The molecule has 142 valence electrons. The van der Waals surface area contributed by atoms with E-state index >= 15 is 0 Å². The molecule has 2 bridgehead atoms. The van der Waals surface area contributed by atoms with Crippen LogP contribution in [0.5, 0.6) is 5.75 Å². The minimum absolute atomic E-state index is 0.142. The molecule has 2 fully saturated rings. The van der Waals surface area contributed by atoms with Gasteiger partial charge in [-0.3, -0.25) is 4.79 Å². The molecular formula is C21H22ClFN2O2. The van der Waals surface area contributed by atoms with E-state index in [2.05, 4.69) is 4.90 Å². The minimum Gasteiger partial charge on any atom is -0.505 e. The zero-order chi connectivity index (χ0) is 19.1. The lowest BCUT2D eigenvalue weighted by Crippen LogP contribution is -2.55. The summed E-state index contributed by atoms with van der Waals surface area (Å²) >= 11 is 6.08. The molecule has 0 radical (unpaired) electrons. The summed E-state index contributed by atoms with van der Waals surface area (Å²) in [6, 6.07) is 10.1. The number of phenolic OH excluding ortho intramolecular Hbond substituents is 1. The van der Waals surface area contributed by atoms with Gasteiger partial charge in [0.15, 0.2) is 0 Å². The van der Waals surface area contributed by atoms with Gasteiger partial charge in [-0.15, -0.1) is 0 Å². The van der Waals surface area contributed by atoms with E-state index in [9.17, 15) is 14.3 Å². The van der Waals surface area contributed by atoms with Gasteiger partial charge in [0.05, 0.1) is 16.3 Å². The standard InChI is InChI=1S/C21H22ClFN2O2/c1-2-13-4-3-5-19(20(13)26)25-15-7-8-16(25)12-24(11-15)21(27)17-9-6-14(23)10-18(17)22/h3-6,9-10,15-16,26H,2,7-8,11-12H2,1H3. The summed E-state index contributed by atoms with van der Waals surface area (Å²) in [4.78, 5) is 17.0. The number of phenols is 1. The molecule has 6 heteroatoms. The number of para-hydroxylation sites is 1. The minimum atomic E-state index is -0.451. The fraction of sp³-hybridized carbons (Fsp3) is 0.381. The summed E-state index contributed by atoms with van der Waals surface area (Å²) in [7, 11) is 0. The Bertz CT molecular complexity index is 874. The molecule has 2 atom stereocenters. The largest absolute Gasteiger partial charge is 0.505 e. The Balaban J connectivity index is 1.58. The Morgan fingerprint density at radius 2 is 1.93 bits per heavy atom. The molecular weight excluding hydrogens is 367 g/mol. The molecule has 0 spiro atoms. The molecule has 0 saturated carbocycles. The van der Waals surface area contributed by atoms with Gasteiger partial charge in [-0.2, -0.15) is 0 Å². The van der Waals surface area contributed by atoms with E-state index in [1.54, 1.807) is 4.90 Å². The van der Waals surface area contributed by atoms with Crippen molar-refractivity contribution in [1.29, 1.82) is 0 Å². The number of hydrogen-bond acceptors (Lipinski definition) is 3. The van der Waals surface area contributed by atoms with Crippen molar-refractivity contribution in [3.05, 3.63) is 58.4 Å². The predicted octanol–water partition coefficient (Wildman–Crippen LogP) is 4.24. The number of aromatic hydroxyl groups is 1. The van der Waals surface area contributed by atoms with Crippen molar-refractivity contribution < 1.29 is 14.3 Å². The first-order valence-electron chi connectivity index (χ1n) is 9.33. The third-order valence-electron chi connectivity index (χ3n) is 5.69. The van der Waals surface area contributed by atoms with Crippen LogP contribution < -0.4 is 4.90 Å². The SMILES string of the molecule is CCc1cccc(N2C3CCC2CN(C(=O)c2ccc(F)cc2Cl)C3)c1O. The molecule has 27 heavy (non-hydrogen) atoms. The maximum atomic E-state index is 13.3. The number of likely N-dealkylation sites (tertiary alicyclic amines) is 1. The average molecular weight is 389 g/mol. The Morgan fingerprint density at radius 1 is 1.22 bits per heavy atom. The second kappa shape index (κ2) is 7.04. The molecule has 1 N–H and O–H groups in total. The van der Waals surface area contributed by atoms with Crippen LogP contribution in [0, 0.1) is 5.82 Å². The first-order chi connectivity index (χ1) is 13.0. The molecule has 2 heterocycles. The Hall–Kier alpha value is -2.27. The van der Waals surface area contributed by atoms with Gasteiger partial charge in [0.25, 0.3) is 5.91 Å². The third kappa shape index (κ3) is 3.14. The maximum absolute atomic E-state index is 13.3. The van der Waals surface area contributed by atoms with Crippen LogP contribution in [0.3, 0.4) is 0 Å².